The summed E-state index contributed by atoms with van der Waals surface area (Å²) in [7, 11) is 0. The van der Waals surface area contributed by atoms with Crippen molar-refractivity contribution >= 4 is 34.9 Å². The van der Waals surface area contributed by atoms with Crippen LogP contribution >= 0.6 is 23.2 Å². The summed E-state index contributed by atoms with van der Waals surface area (Å²) in [4.78, 5) is 10.6. The molecule has 0 fully saturated rings. The molecule has 1 rings (SSSR count). The Morgan fingerprint density at radius 2 is 1.73 bits per heavy atom. The third kappa shape index (κ3) is 4.47. The summed E-state index contributed by atoms with van der Waals surface area (Å²) in [5.74, 6) is -1.02. The summed E-state index contributed by atoms with van der Waals surface area (Å²) in [6, 6.07) is 0.311. The number of amides is 2. The molecule has 0 radical (unpaired) electrons. The molecule has 0 aromatic heterocycles. The zero-order valence-electron chi connectivity index (χ0n) is 10.1. The highest BCUT2D eigenvalue weighted by Gasteiger charge is 2.59. The summed E-state index contributed by atoms with van der Waals surface area (Å²) >= 11 is 11.1. The van der Waals surface area contributed by atoms with Gasteiger partial charge in [-0.1, -0.05) is 23.2 Å². The molecule has 0 heterocycles. The van der Waals surface area contributed by atoms with E-state index < -0.39 is 40.3 Å². The molecule has 0 saturated carbocycles. The molecule has 124 valence electrons. The highest BCUT2D eigenvalue weighted by Crippen LogP contribution is 2.41. The first kappa shape index (κ1) is 18.5. The average Bonchev–Trinajstić information content (AvgIpc) is 2.32. The van der Waals surface area contributed by atoms with Gasteiger partial charge < -0.3 is 15.8 Å². The zero-order valence-corrected chi connectivity index (χ0v) is 11.7. The molecule has 0 spiro atoms. The summed E-state index contributed by atoms with van der Waals surface area (Å²) in [6.07, 6.45) is -15.6. The Kier molecular flexibility index (Phi) is 5.29. The monoisotopic (exact) mass is 370 g/mol. The first-order valence-corrected chi connectivity index (χ1v) is 5.93. The lowest BCUT2D eigenvalue weighted by Gasteiger charge is -2.23. The molecule has 12 heteroatoms. The normalized spacial score (nSPS) is 13.6. The van der Waals surface area contributed by atoms with Crippen molar-refractivity contribution in [2.45, 2.75) is 18.5 Å². The Balaban J connectivity index is 3.08. The Hall–Kier alpha value is -1.55. The largest absolute Gasteiger partial charge is 0.439 e. The molecule has 22 heavy (non-hydrogen) atoms. The van der Waals surface area contributed by atoms with Gasteiger partial charge in [0.1, 0.15) is 5.75 Å². The molecule has 2 amide bonds. The number of urea groups is 1. The van der Waals surface area contributed by atoms with E-state index in [1.807, 2.05) is 5.32 Å². The molecular formula is C10H6Cl2F6N2O2. The number of anilines is 1. The van der Waals surface area contributed by atoms with Crippen molar-refractivity contribution in [3.63, 3.8) is 0 Å². The molecule has 0 aliphatic carbocycles. The van der Waals surface area contributed by atoms with E-state index in [-0.39, 0.29) is 5.69 Å². The minimum Gasteiger partial charge on any atom is -0.428 e. The van der Waals surface area contributed by atoms with Crippen molar-refractivity contribution in [3.8, 4) is 5.75 Å². The van der Waals surface area contributed by atoms with E-state index in [0.717, 1.165) is 6.07 Å². The van der Waals surface area contributed by atoms with Crippen LogP contribution in [0.1, 0.15) is 0 Å². The molecular weight excluding hydrogens is 365 g/mol. The minimum atomic E-state index is -5.84. The third-order valence-corrected chi connectivity index (χ3v) is 2.72. The number of carbonyl (C=O) groups excluding carboxylic acids is 1. The van der Waals surface area contributed by atoms with Gasteiger partial charge in [0.25, 0.3) is 6.17 Å². The number of nitrogens with two attached hydrogens (primary N) is 1. The van der Waals surface area contributed by atoms with Crippen LogP contribution in [0.25, 0.3) is 0 Å². The number of benzene rings is 1. The summed E-state index contributed by atoms with van der Waals surface area (Å²) in [5, 5.41) is 0.906. The standard InChI is InChI=1S/C10H6Cl2F6N2O2/c11-3-2-6(4(12)1-5(3)20-8(19)21)22-10(17,18)7(13)9(14,15)16/h1-2,7H,(H3,19,20,21). The van der Waals surface area contributed by atoms with Crippen LogP contribution in [-0.2, 0) is 0 Å². The van der Waals surface area contributed by atoms with Gasteiger partial charge >= 0.3 is 18.3 Å². The minimum absolute atomic E-state index is 0.206. The van der Waals surface area contributed by atoms with E-state index in [2.05, 4.69) is 4.74 Å². The fourth-order valence-corrected chi connectivity index (χ4v) is 1.63. The quantitative estimate of drug-likeness (QED) is 0.773. The van der Waals surface area contributed by atoms with E-state index in [0.29, 0.717) is 6.07 Å². The van der Waals surface area contributed by atoms with Crippen LogP contribution in [0.3, 0.4) is 0 Å². The second-order valence-electron chi connectivity index (χ2n) is 3.82. The maximum atomic E-state index is 13.1. The van der Waals surface area contributed by atoms with Crippen LogP contribution in [0.5, 0.6) is 5.75 Å². The number of rotatable bonds is 4. The van der Waals surface area contributed by atoms with Crippen LogP contribution in [-0.4, -0.2) is 24.5 Å². The Morgan fingerprint density at radius 3 is 2.18 bits per heavy atom. The maximum Gasteiger partial charge on any atom is 0.439 e. The van der Waals surface area contributed by atoms with Gasteiger partial charge in [-0.05, 0) is 6.07 Å². The molecule has 0 aliphatic heterocycles. The molecule has 1 unspecified atom stereocenters. The van der Waals surface area contributed by atoms with E-state index in [1.165, 1.54) is 0 Å². The van der Waals surface area contributed by atoms with Gasteiger partial charge in [-0.2, -0.15) is 22.0 Å². The van der Waals surface area contributed by atoms with Crippen LogP contribution in [0.2, 0.25) is 10.0 Å². The summed E-state index contributed by atoms with van der Waals surface area (Å²) < 4.78 is 78.5. The number of halogens is 8. The number of ether oxygens (including phenoxy) is 1. The highest BCUT2D eigenvalue weighted by molar-refractivity contribution is 6.36. The van der Waals surface area contributed by atoms with E-state index >= 15 is 0 Å². The van der Waals surface area contributed by atoms with Crippen molar-refractivity contribution in [2.24, 2.45) is 5.73 Å². The van der Waals surface area contributed by atoms with Gasteiger partial charge in [0, 0.05) is 6.07 Å². The van der Waals surface area contributed by atoms with Gasteiger partial charge in [0.05, 0.1) is 15.7 Å². The average molecular weight is 371 g/mol. The zero-order chi connectivity index (χ0) is 17.3. The fraction of sp³-hybridized carbons (Fsp3) is 0.300. The molecule has 3 N–H and O–H groups in total. The SMILES string of the molecule is NC(=O)Nc1cc(Cl)c(OC(F)(F)C(F)C(F)(F)F)cc1Cl. The Morgan fingerprint density at radius 1 is 1.18 bits per heavy atom. The van der Waals surface area contributed by atoms with Crippen molar-refractivity contribution in [1.29, 1.82) is 0 Å². The number of alkyl halides is 6. The molecule has 1 aromatic rings. The smallest absolute Gasteiger partial charge is 0.428 e. The Labute approximate surface area is 129 Å². The second-order valence-corrected chi connectivity index (χ2v) is 4.63. The number of hydrogen-bond donors (Lipinski definition) is 2. The number of primary amides is 1. The molecule has 1 aromatic carbocycles. The van der Waals surface area contributed by atoms with Gasteiger partial charge in [0.15, 0.2) is 0 Å². The maximum absolute atomic E-state index is 13.1. The van der Waals surface area contributed by atoms with Crippen LogP contribution < -0.4 is 15.8 Å². The van der Waals surface area contributed by atoms with Crippen molar-refractivity contribution in [2.75, 3.05) is 5.32 Å². The highest BCUT2D eigenvalue weighted by atomic mass is 35.5. The van der Waals surface area contributed by atoms with Gasteiger partial charge in [-0.25, -0.2) is 9.18 Å². The second kappa shape index (κ2) is 6.29. The lowest BCUT2D eigenvalue weighted by atomic mass is 10.3. The molecule has 4 nitrogen and oxygen atoms in total. The molecule has 0 aliphatic rings. The van der Waals surface area contributed by atoms with E-state index in [4.69, 9.17) is 28.9 Å². The van der Waals surface area contributed by atoms with E-state index in [1.54, 1.807) is 0 Å². The topological polar surface area (TPSA) is 64.4 Å². The summed E-state index contributed by atoms with van der Waals surface area (Å²) in [5.41, 5.74) is 4.59. The van der Waals surface area contributed by atoms with Crippen molar-refractivity contribution in [1.82, 2.24) is 0 Å². The van der Waals surface area contributed by atoms with Crippen molar-refractivity contribution in [3.05, 3.63) is 22.2 Å². The molecule has 0 bridgehead atoms. The number of carbonyl (C=O) groups is 1. The van der Waals surface area contributed by atoms with Crippen LogP contribution in [0.15, 0.2) is 12.1 Å². The first-order chi connectivity index (χ1) is 9.84. The van der Waals surface area contributed by atoms with Gasteiger partial charge in [-0.15, -0.1) is 0 Å². The summed E-state index contributed by atoms with van der Waals surface area (Å²) in [6.45, 7) is 0. The van der Waals surface area contributed by atoms with Gasteiger partial charge in [-0.3, -0.25) is 0 Å². The number of nitrogens with one attached hydrogen (secondary N) is 1. The third-order valence-electron chi connectivity index (χ3n) is 2.11. The van der Waals surface area contributed by atoms with E-state index in [9.17, 15) is 31.1 Å². The first-order valence-electron chi connectivity index (χ1n) is 5.17. The lowest BCUT2D eigenvalue weighted by molar-refractivity contribution is -0.304. The lowest BCUT2D eigenvalue weighted by Crippen LogP contribution is -2.45. The predicted molar refractivity (Wildman–Crippen MR) is 66.2 cm³/mol. The molecule has 0 saturated heterocycles. The van der Waals surface area contributed by atoms with Crippen molar-refractivity contribution < 1.29 is 35.9 Å². The van der Waals surface area contributed by atoms with Gasteiger partial charge in [0.2, 0.25) is 0 Å². The van der Waals surface area contributed by atoms with Crippen LogP contribution in [0, 0.1) is 0 Å². The predicted octanol–water partition coefficient (Wildman–Crippen LogP) is 4.36. The fourth-order valence-electron chi connectivity index (χ4n) is 1.22. The molecule has 1 atom stereocenters. The number of hydrogen-bond acceptors (Lipinski definition) is 2. The van der Waals surface area contributed by atoms with Crippen LogP contribution in [0.4, 0.5) is 36.8 Å². The Bertz CT molecular complexity index is 581.